The van der Waals surface area contributed by atoms with Crippen molar-refractivity contribution in [3.05, 3.63) is 11.6 Å². The van der Waals surface area contributed by atoms with Crippen molar-refractivity contribution in [1.82, 2.24) is 4.90 Å². The number of nitrogens with zero attached hydrogens (tertiary/aromatic N) is 1. The largest absolute Gasteiger partial charge is 0.272 e. The first-order valence-electron chi connectivity index (χ1n) is 4.17. The lowest BCUT2D eigenvalue weighted by Crippen LogP contribution is -2.33. The van der Waals surface area contributed by atoms with Crippen molar-refractivity contribution in [2.75, 3.05) is 0 Å². The Labute approximate surface area is 71.0 Å². The molecule has 1 saturated carbocycles. The number of rotatable bonds is 1. The standard InChI is InChI=1S/C9H11NO2/c1-5-3-7(5)10-8(11)4-6(2)9(10)12/h4-5,7H,3H2,1-2H3. The van der Waals surface area contributed by atoms with Gasteiger partial charge in [-0.15, -0.1) is 0 Å². The number of hydrogen-bond acceptors (Lipinski definition) is 2. The predicted molar refractivity (Wildman–Crippen MR) is 43.2 cm³/mol. The summed E-state index contributed by atoms with van der Waals surface area (Å²) in [6.45, 7) is 3.74. The van der Waals surface area contributed by atoms with Crippen LogP contribution in [0, 0.1) is 5.92 Å². The van der Waals surface area contributed by atoms with Gasteiger partial charge in [0.05, 0.1) is 0 Å². The third-order valence-corrected chi connectivity index (χ3v) is 2.53. The first kappa shape index (κ1) is 7.53. The number of carbonyl (C=O) groups is 2. The molecule has 0 N–H and O–H groups in total. The van der Waals surface area contributed by atoms with Crippen LogP contribution >= 0.6 is 0 Å². The quantitative estimate of drug-likeness (QED) is 0.536. The van der Waals surface area contributed by atoms with Gasteiger partial charge >= 0.3 is 0 Å². The molecule has 1 aliphatic heterocycles. The lowest BCUT2D eigenvalue weighted by molar-refractivity contribution is -0.138. The van der Waals surface area contributed by atoms with Gasteiger partial charge in [-0.25, -0.2) is 0 Å². The molecule has 1 aliphatic carbocycles. The predicted octanol–water partition coefficient (Wildman–Crippen LogP) is 0.710. The molecular weight excluding hydrogens is 154 g/mol. The first-order chi connectivity index (χ1) is 5.61. The highest BCUT2D eigenvalue weighted by atomic mass is 16.2. The summed E-state index contributed by atoms with van der Waals surface area (Å²) in [5.74, 6) is 0.262. The average Bonchev–Trinajstić information content (AvgIpc) is 2.61. The molecule has 2 amide bonds. The van der Waals surface area contributed by atoms with Crippen molar-refractivity contribution in [1.29, 1.82) is 0 Å². The molecule has 1 heterocycles. The van der Waals surface area contributed by atoms with Gasteiger partial charge in [0.15, 0.2) is 0 Å². The number of hydrogen-bond donors (Lipinski definition) is 0. The van der Waals surface area contributed by atoms with E-state index in [1.807, 2.05) is 0 Å². The minimum Gasteiger partial charge on any atom is -0.272 e. The van der Waals surface area contributed by atoms with Gasteiger partial charge in [0.25, 0.3) is 11.8 Å². The maximum absolute atomic E-state index is 11.4. The van der Waals surface area contributed by atoms with Crippen LogP contribution in [-0.4, -0.2) is 22.8 Å². The van der Waals surface area contributed by atoms with Crippen LogP contribution < -0.4 is 0 Å². The molecule has 2 aliphatic rings. The van der Waals surface area contributed by atoms with Gasteiger partial charge < -0.3 is 0 Å². The second-order valence-electron chi connectivity index (χ2n) is 3.62. The molecule has 3 heteroatoms. The van der Waals surface area contributed by atoms with Crippen LogP contribution in [0.25, 0.3) is 0 Å². The number of imide groups is 1. The molecule has 64 valence electrons. The van der Waals surface area contributed by atoms with E-state index < -0.39 is 0 Å². The Hall–Kier alpha value is -1.12. The molecule has 0 bridgehead atoms. The van der Waals surface area contributed by atoms with E-state index in [0.717, 1.165) is 6.42 Å². The smallest absolute Gasteiger partial charge is 0.256 e. The molecule has 2 atom stereocenters. The molecule has 0 spiro atoms. The van der Waals surface area contributed by atoms with Crippen LogP contribution in [0.5, 0.6) is 0 Å². The van der Waals surface area contributed by atoms with Gasteiger partial charge in [0.2, 0.25) is 0 Å². The monoisotopic (exact) mass is 165 g/mol. The molecule has 12 heavy (non-hydrogen) atoms. The van der Waals surface area contributed by atoms with Gasteiger partial charge in [-0.3, -0.25) is 14.5 Å². The molecule has 3 nitrogen and oxygen atoms in total. The van der Waals surface area contributed by atoms with Crippen LogP contribution in [0.15, 0.2) is 11.6 Å². The maximum Gasteiger partial charge on any atom is 0.256 e. The number of carbonyl (C=O) groups excluding carboxylic acids is 2. The highest BCUT2D eigenvalue weighted by Crippen LogP contribution is 2.37. The minimum absolute atomic E-state index is 0.102. The lowest BCUT2D eigenvalue weighted by Gasteiger charge is -2.12. The molecule has 0 aromatic rings. The summed E-state index contributed by atoms with van der Waals surface area (Å²) >= 11 is 0. The zero-order valence-corrected chi connectivity index (χ0v) is 7.20. The Bertz CT molecular complexity index is 293. The molecule has 0 aromatic heterocycles. The van der Waals surface area contributed by atoms with E-state index in [1.54, 1.807) is 6.92 Å². The summed E-state index contributed by atoms with van der Waals surface area (Å²) in [6, 6.07) is 0.179. The summed E-state index contributed by atoms with van der Waals surface area (Å²) < 4.78 is 0. The van der Waals surface area contributed by atoms with Crippen molar-refractivity contribution in [2.45, 2.75) is 26.3 Å². The van der Waals surface area contributed by atoms with Gasteiger partial charge in [0, 0.05) is 17.7 Å². The Morgan fingerprint density at radius 3 is 2.42 bits per heavy atom. The second-order valence-corrected chi connectivity index (χ2v) is 3.62. The highest BCUT2D eigenvalue weighted by Gasteiger charge is 2.45. The van der Waals surface area contributed by atoms with Crippen molar-refractivity contribution in [3.8, 4) is 0 Å². The molecular formula is C9H11NO2. The van der Waals surface area contributed by atoms with E-state index >= 15 is 0 Å². The Kier molecular flexibility index (Phi) is 1.37. The number of amides is 2. The van der Waals surface area contributed by atoms with E-state index in [2.05, 4.69) is 6.92 Å². The summed E-state index contributed by atoms with van der Waals surface area (Å²) in [5, 5.41) is 0. The molecule has 1 fully saturated rings. The van der Waals surface area contributed by atoms with Gasteiger partial charge in [-0.1, -0.05) is 6.92 Å². The zero-order chi connectivity index (χ0) is 8.88. The van der Waals surface area contributed by atoms with Crippen LogP contribution in [0.4, 0.5) is 0 Å². The fraction of sp³-hybridized carbons (Fsp3) is 0.556. The third-order valence-electron chi connectivity index (χ3n) is 2.53. The Balaban J connectivity index is 2.19. The molecule has 2 unspecified atom stereocenters. The topological polar surface area (TPSA) is 37.4 Å². The van der Waals surface area contributed by atoms with Gasteiger partial charge in [-0.2, -0.15) is 0 Å². The second kappa shape index (κ2) is 2.19. The van der Waals surface area contributed by atoms with Crippen molar-refractivity contribution < 1.29 is 9.59 Å². The van der Waals surface area contributed by atoms with E-state index in [0.29, 0.717) is 11.5 Å². The van der Waals surface area contributed by atoms with Crippen molar-refractivity contribution >= 4 is 11.8 Å². The molecule has 0 aromatic carbocycles. The average molecular weight is 165 g/mol. The Morgan fingerprint density at radius 1 is 1.50 bits per heavy atom. The normalized spacial score (nSPS) is 34.2. The van der Waals surface area contributed by atoms with Crippen LogP contribution in [0.2, 0.25) is 0 Å². The maximum atomic E-state index is 11.4. The van der Waals surface area contributed by atoms with Crippen LogP contribution in [-0.2, 0) is 9.59 Å². The van der Waals surface area contributed by atoms with Gasteiger partial charge in [-0.05, 0) is 19.3 Å². The lowest BCUT2D eigenvalue weighted by atomic mass is 10.3. The molecule has 0 radical (unpaired) electrons. The third kappa shape index (κ3) is 0.891. The minimum atomic E-state index is -0.133. The highest BCUT2D eigenvalue weighted by molar-refractivity contribution is 6.16. The fourth-order valence-electron chi connectivity index (χ4n) is 1.58. The van der Waals surface area contributed by atoms with Crippen molar-refractivity contribution in [3.63, 3.8) is 0 Å². The van der Waals surface area contributed by atoms with E-state index in [4.69, 9.17) is 0 Å². The SMILES string of the molecule is CC1=CC(=O)N(C2CC2C)C1=O. The van der Waals surface area contributed by atoms with Crippen LogP contribution in [0.1, 0.15) is 20.3 Å². The summed E-state index contributed by atoms with van der Waals surface area (Å²) in [5.41, 5.74) is 0.569. The molecule has 0 saturated heterocycles. The van der Waals surface area contributed by atoms with Crippen molar-refractivity contribution in [2.24, 2.45) is 5.92 Å². The van der Waals surface area contributed by atoms with E-state index in [1.165, 1.54) is 11.0 Å². The van der Waals surface area contributed by atoms with E-state index in [-0.39, 0.29) is 17.9 Å². The summed E-state index contributed by atoms with van der Waals surface area (Å²) in [7, 11) is 0. The fourth-order valence-corrected chi connectivity index (χ4v) is 1.58. The Morgan fingerprint density at radius 2 is 2.08 bits per heavy atom. The summed E-state index contributed by atoms with van der Waals surface area (Å²) in [6.07, 6.45) is 2.39. The summed E-state index contributed by atoms with van der Waals surface area (Å²) in [4.78, 5) is 24.0. The van der Waals surface area contributed by atoms with Crippen LogP contribution in [0.3, 0.4) is 0 Å². The first-order valence-corrected chi connectivity index (χ1v) is 4.17. The molecule has 2 rings (SSSR count). The van der Waals surface area contributed by atoms with Gasteiger partial charge in [0.1, 0.15) is 0 Å². The zero-order valence-electron chi connectivity index (χ0n) is 7.20. The van der Waals surface area contributed by atoms with E-state index in [9.17, 15) is 9.59 Å².